The fourth-order valence-electron chi connectivity index (χ4n) is 8.79. The number of nitrogens with zero attached hydrogens (tertiary/aromatic N) is 2. The number of phenols is 2. The molecule has 0 unspecified atom stereocenters. The molecule has 1 aromatic heterocycles. The van der Waals surface area contributed by atoms with Crippen molar-refractivity contribution in [2.45, 2.75) is 10.3 Å². The van der Waals surface area contributed by atoms with Crippen LogP contribution in [0.1, 0.15) is 5.82 Å². The van der Waals surface area contributed by atoms with Gasteiger partial charge in [0, 0.05) is 5.69 Å². The van der Waals surface area contributed by atoms with E-state index >= 15 is 0 Å². The highest BCUT2D eigenvalue weighted by atomic mass is 16.3. The maximum Gasteiger partial charge on any atom is 0.150 e. The molecule has 276 valence electrons. The minimum atomic E-state index is -0.179. The first-order valence-corrected chi connectivity index (χ1v) is 20.5. The molecule has 9 rings (SSSR count). The van der Waals surface area contributed by atoms with E-state index in [1.54, 1.807) is 0 Å². The maximum absolute atomic E-state index is 10.9. The molecule has 0 radical (unpaired) electrons. The van der Waals surface area contributed by atoms with Gasteiger partial charge in [-0.1, -0.05) is 121 Å². The fourth-order valence-corrected chi connectivity index (χ4v) is 8.79. The number of rotatable bonds is 7. The average molecular weight is 753 g/mol. The van der Waals surface area contributed by atoms with Crippen molar-refractivity contribution >= 4 is 112 Å². The van der Waals surface area contributed by atoms with Crippen molar-refractivity contribution in [2.75, 3.05) is 0 Å². The van der Waals surface area contributed by atoms with Crippen LogP contribution >= 0.6 is 0 Å². The molecule has 2 N–H and O–H groups in total. The maximum atomic E-state index is 10.9. The number of hydrogen-bond acceptors (Lipinski definition) is 3. The number of hydrogen-bond donors (Lipinski definition) is 2. The smallest absolute Gasteiger partial charge is 0.150 e. The normalized spacial score (nSPS) is 12.1. The van der Waals surface area contributed by atoms with Gasteiger partial charge in [0.2, 0.25) is 0 Å². The highest BCUT2D eigenvalue weighted by Gasteiger charge is 2.38. The van der Waals surface area contributed by atoms with Crippen LogP contribution in [0.4, 0.5) is 0 Å². The van der Waals surface area contributed by atoms with Crippen LogP contribution in [0.15, 0.2) is 146 Å². The molecular weight excluding hydrogens is 711 g/mol. The van der Waals surface area contributed by atoms with Crippen LogP contribution in [0.2, 0.25) is 5.11 Å². The zero-order valence-electron chi connectivity index (χ0n) is 35.1. The van der Waals surface area contributed by atoms with E-state index in [9.17, 15) is 10.2 Å². The second-order valence-corrected chi connectivity index (χ2v) is 17.6. The Balaban J connectivity index is 1.18. The molecule has 0 fully saturated rings. The van der Waals surface area contributed by atoms with Gasteiger partial charge in [-0.05, 0) is 113 Å². The summed E-state index contributed by atoms with van der Waals surface area (Å²) in [5, 5.41) is 26.1. The predicted molar refractivity (Wildman–Crippen MR) is 273 cm³/mol. The second-order valence-electron chi connectivity index (χ2n) is 17.6. The van der Waals surface area contributed by atoms with Crippen LogP contribution in [0.25, 0.3) is 82.8 Å². The lowest BCUT2D eigenvalue weighted by Crippen LogP contribution is -2.45. The molecule has 0 aliphatic carbocycles. The molecule has 0 amide bonds. The topological polar surface area (TPSA) is 58.3 Å². The standard InChI is InChI=1S/C47H42B8N2O2/c48-40-39(41(49)43(58)44(59)42(40)50)29-20-23-33-34(24-29)38(27-8-2-1-3-9-27)32-11-5-4-10-31(32)37(33)28-16-14-25(15-17-28)26-18-21-30(22-19-26)57-36-13-7-6-12-35(36)56-45(57)46(51,52)47(53,54)55/h1-24,58-59H,48-55H2. The molecule has 12 heteroatoms. The first kappa shape index (κ1) is 38.4. The molecule has 0 atom stereocenters. The number of benzene rings is 8. The van der Waals surface area contributed by atoms with Crippen LogP contribution < -0.4 is 16.4 Å². The first-order valence-electron chi connectivity index (χ1n) is 20.5. The number of imidazole rings is 1. The van der Waals surface area contributed by atoms with E-state index in [0.29, 0.717) is 10.9 Å². The Hall–Kier alpha value is -6.13. The number of aromatic nitrogens is 2. The highest BCUT2D eigenvalue weighted by molar-refractivity contribution is 6.67. The third-order valence-corrected chi connectivity index (χ3v) is 13.2. The Kier molecular flexibility index (Phi) is 9.31. The summed E-state index contributed by atoms with van der Waals surface area (Å²) in [5.41, 5.74) is 14.4. The largest absolute Gasteiger partial charge is 0.505 e. The summed E-state index contributed by atoms with van der Waals surface area (Å²) in [6, 6.07) is 52.3. The fraction of sp³-hybridized carbons (Fsp3) is 0.0426. The number of para-hydroxylation sites is 2. The van der Waals surface area contributed by atoms with Gasteiger partial charge in [-0.3, -0.25) is 4.57 Å². The first-order chi connectivity index (χ1) is 28.3. The van der Waals surface area contributed by atoms with Crippen molar-refractivity contribution < 1.29 is 10.2 Å². The van der Waals surface area contributed by atoms with Gasteiger partial charge < -0.3 is 10.2 Å². The van der Waals surface area contributed by atoms with Gasteiger partial charge in [0.05, 0.1) is 34.6 Å². The summed E-state index contributed by atoms with van der Waals surface area (Å²) < 4.78 is 2.34. The second kappa shape index (κ2) is 14.3. The highest BCUT2D eigenvalue weighted by Crippen LogP contribution is 2.45. The molecule has 0 aliphatic heterocycles. The average Bonchev–Trinajstić information content (AvgIpc) is 3.65. The van der Waals surface area contributed by atoms with Crippen molar-refractivity contribution in [2.24, 2.45) is 0 Å². The zero-order chi connectivity index (χ0) is 41.4. The Morgan fingerprint density at radius 1 is 0.441 bits per heavy atom. The van der Waals surface area contributed by atoms with Crippen LogP contribution in [0.3, 0.4) is 0 Å². The molecule has 0 aliphatic rings. The van der Waals surface area contributed by atoms with Gasteiger partial charge >= 0.3 is 0 Å². The number of aromatic hydroxyl groups is 2. The van der Waals surface area contributed by atoms with E-state index in [1.165, 1.54) is 21.9 Å². The Labute approximate surface area is 353 Å². The van der Waals surface area contributed by atoms with E-state index in [1.807, 2.05) is 23.5 Å². The number of phenolic OH excluding ortho intramolecular Hbond substituents is 2. The van der Waals surface area contributed by atoms with E-state index in [4.69, 9.17) is 4.98 Å². The van der Waals surface area contributed by atoms with Gasteiger partial charge in [-0.15, -0.1) is 5.11 Å². The van der Waals surface area contributed by atoms with Crippen molar-refractivity contribution in [3.63, 3.8) is 0 Å². The summed E-state index contributed by atoms with van der Waals surface area (Å²) in [4.78, 5) is 5.19. The van der Waals surface area contributed by atoms with E-state index in [-0.39, 0.29) is 21.8 Å². The molecule has 0 spiro atoms. The molecule has 0 saturated heterocycles. The Morgan fingerprint density at radius 2 is 0.932 bits per heavy atom. The monoisotopic (exact) mass is 754 g/mol. The molecule has 9 aromatic rings. The summed E-state index contributed by atoms with van der Waals surface area (Å²) in [6.07, 6.45) is 0. The molecule has 8 aromatic carbocycles. The third-order valence-electron chi connectivity index (χ3n) is 13.2. The lowest BCUT2D eigenvalue weighted by molar-refractivity contribution is 0.410. The minimum Gasteiger partial charge on any atom is -0.505 e. The third kappa shape index (κ3) is 6.23. The number of fused-ring (bicyclic) bond motifs is 3. The molecule has 0 saturated carbocycles. The zero-order valence-corrected chi connectivity index (χ0v) is 35.1. The Bertz CT molecular complexity index is 3080. The van der Waals surface area contributed by atoms with Crippen LogP contribution in [-0.4, -0.2) is 82.5 Å². The molecule has 4 nitrogen and oxygen atoms in total. The van der Waals surface area contributed by atoms with E-state index in [2.05, 4.69) is 189 Å². The molecule has 1 heterocycles. The Morgan fingerprint density at radius 3 is 1.58 bits per heavy atom. The SMILES string of the molecule is Bc1c(B)c(-c2ccc3c(-c4ccc(-c5ccc(-n6c(C(B)(B)C(B)(B)B)nc7ccccc76)cc5)cc4)c4ccccc4c(-c4ccccc4)c3c2)c(B)c(O)c1O. The van der Waals surface area contributed by atoms with Gasteiger partial charge in [-0.2, -0.15) is 0 Å². The minimum absolute atomic E-state index is 0.00255. The van der Waals surface area contributed by atoms with Crippen molar-refractivity contribution in [1.82, 2.24) is 9.55 Å². The predicted octanol–water partition coefficient (Wildman–Crippen LogP) is 1.58. The summed E-state index contributed by atoms with van der Waals surface area (Å²) in [6.45, 7) is 0. The molecule has 59 heavy (non-hydrogen) atoms. The summed E-state index contributed by atoms with van der Waals surface area (Å²) in [5.74, 6) is 0.947. The summed E-state index contributed by atoms with van der Waals surface area (Å²) >= 11 is 0. The van der Waals surface area contributed by atoms with Gasteiger partial charge in [0.25, 0.3) is 0 Å². The molecular formula is C47H42B8N2O2. The summed E-state index contributed by atoms with van der Waals surface area (Å²) in [7, 11) is 17.2. The quantitative estimate of drug-likeness (QED) is 0.148. The van der Waals surface area contributed by atoms with Gasteiger partial charge in [0.15, 0.2) is 5.75 Å². The molecule has 0 bridgehead atoms. The van der Waals surface area contributed by atoms with Crippen molar-refractivity contribution in [3.8, 4) is 61.7 Å². The van der Waals surface area contributed by atoms with E-state index in [0.717, 1.165) is 72.2 Å². The van der Waals surface area contributed by atoms with Crippen LogP contribution in [-0.2, 0) is 5.21 Å². The lowest BCUT2D eigenvalue weighted by atomic mass is 9.23. The van der Waals surface area contributed by atoms with Crippen molar-refractivity contribution in [1.29, 1.82) is 0 Å². The van der Waals surface area contributed by atoms with Gasteiger partial charge in [-0.25, -0.2) is 4.98 Å². The van der Waals surface area contributed by atoms with Crippen LogP contribution in [0, 0.1) is 0 Å². The lowest BCUT2D eigenvalue weighted by Gasteiger charge is -2.39. The van der Waals surface area contributed by atoms with Crippen molar-refractivity contribution in [3.05, 3.63) is 151 Å². The van der Waals surface area contributed by atoms with E-state index < -0.39 is 0 Å². The van der Waals surface area contributed by atoms with Gasteiger partial charge in [0.1, 0.15) is 50.8 Å². The van der Waals surface area contributed by atoms with Crippen LogP contribution in [0.5, 0.6) is 11.5 Å².